The number of hydrogen-bond acceptors (Lipinski definition) is 3. The van der Waals surface area contributed by atoms with E-state index in [0.29, 0.717) is 0 Å². The van der Waals surface area contributed by atoms with Gasteiger partial charge in [-0.15, -0.1) is 0 Å². The van der Waals surface area contributed by atoms with E-state index in [0.717, 1.165) is 55.9 Å². The van der Waals surface area contributed by atoms with Crippen LogP contribution in [0.3, 0.4) is 0 Å². The summed E-state index contributed by atoms with van der Waals surface area (Å²) in [7, 11) is 0. The molecule has 3 nitrogen and oxygen atoms in total. The summed E-state index contributed by atoms with van der Waals surface area (Å²) in [6.45, 7) is 0. The Balaban J connectivity index is 1.40. The summed E-state index contributed by atoms with van der Waals surface area (Å²) in [6, 6.07) is 45.5. The van der Waals surface area contributed by atoms with Gasteiger partial charge in [0.2, 0.25) is 0 Å². The number of benzene rings is 4. The fraction of sp³-hybridized carbons (Fsp3) is 0. The van der Waals surface area contributed by atoms with Crippen molar-refractivity contribution in [3.8, 4) is 78.1 Å². The molecule has 6 bridgehead atoms. The molecule has 1 aliphatic rings. The molecule has 0 atom stereocenters. The molecule has 0 saturated carbocycles. The van der Waals surface area contributed by atoms with Crippen molar-refractivity contribution in [1.29, 1.82) is 0 Å². The highest BCUT2D eigenvalue weighted by Gasteiger charge is 2.17. The van der Waals surface area contributed by atoms with Crippen LogP contribution in [0.15, 0.2) is 152 Å². The van der Waals surface area contributed by atoms with Crippen molar-refractivity contribution in [2.24, 2.45) is 0 Å². The Morgan fingerprint density at radius 1 is 0.310 bits per heavy atom. The van der Waals surface area contributed by atoms with Crippen LogP contribution in [0.1, 0.15) is 0 Å². The monoisotopic (exact) mass is 535 g/mol. The van der Waals surface area contributed by atoms with Crippen molar-refractivity contribution in [2.75, 3.05) is 0 Å². The maximum atomic E-state index is 4.85. The number of nitrogens with zero attached hydrogens (tertiary/aromatic N) is 3. The van der Waals surface area contributed by atoms with Gasteiger partial charge in [0, 0.05) is 41.5 Å². The lowest BCUT2D eigenvalue weighted by Crippen LogP contribution is -1.94. The van der Waals surface area contributed by atoms with Crippen molar-refractivity contribution in [3.63, 3.8) is 0 Å². The minimum Gasteiger partial charge on any atom is -0.264 e. The minimum atomic E-state index is 0.884. The first-order valence-corrected chi connectivity index (χ1v) is 14.1. The smallest absolute Gasteiger partial charge is 0.0970 e. The summed E-state index contributed by atoms with van der Waals surface area (Å²) in [5.74, 6) is 0. The third-order valence-electron chi connectivity index (χ3n) is 7.98. The van der Waals surface area contributed by atoms with Gasteiger partial charge in [-0.2, -0.15) is 0 Å². The van der Waals surface area contributed by atoms with Crippen LogP contribution in [0.2, 0.25) is 0 Å². The highest BCUT2D eigenvalue weighted by atomic mass is 14.8. The first kappa shape index (κ1) is 24.2. The average Bonchev–Trinajstić information content (AvgIpc) is 3.08. The Kier molecular flexibility index (Phi) is 5.79. The van der Waals surface area contributed by atoms with Gasteiger partial charge in [0.1, 0.15) is 0 Å². The molecular formula is C39H25N3. The standard InChI is InChI=1S/C39H25N3/c1-7-26(32-13-4-16-40-25-32)19-27(8-1)33-22-34-24-35(23-33)29-10-3-12-31(21-29)37-15-6-18-42-39(37)38-36(14-5-17-41-38)30-11-2-9-28(34)20-30/h1-25H. The van der Waals surface area contributed by atoms with Crippen LogP contribution in [0, 0.1) is 0 Å². The molecule has 3 heteroatoms. The quantitative estimate of drug-likeness (QED) is 0.221. The Labute approximate surface area is 244 Å². The lowest BCUT2D eigenvalue weighted by Gasteiger charge is -2.13. The zero-order valence-electron chi connectivity index (χ0n) is 22.8. The Morgan fingerprint density at radius 2 is 0.690 bits per heavy atom. The third kappa shape index (κ3) is 4.29. The first-order chi connectivity index (χ1) is 20.8. The predicted molar refractivity (Wildman–Crippen MR) is 171 cm³/mol. The SMILES string of the molecule is c1cncc(-c2cccc(-c3cc4cc(c3)-c3cccc(c3)-c3cccnc3-c3ncccc3-c3cccc-4c3)c2)c1. The number of rotatable bonds is 2. The topological polar surface area (TPSA) is 38.7 Å². The van der Waals surface area contributed by atoms with E-state index in [9.17, 15) is 0 Å². The minimum absolute atomic E-state index is 0.884. The molecule has 0 spiro atoms. The summed E-state index contributed by atoms with van der Waals surface area (Å²) >= 11 is 0. The van der Waals surface area contributed by atoms with Crippen molar-refractivity contribution >= 4 is 0 Å². The maximum absolute atomic E-state index is 4.85. The molecule has 0 aliphatic heterocycles. The molecule has 3 heterocycles. The number of fused-ring (bicyclic) bond motifs is 13. The van der Waals surface area contributed by atoms with Crippen molar-refractivity contribution < 1.29 is 0 Å². The van der Waals surface area contributed by atoms with Crippen LogP contribution < -0.4 is 0 Å². The highest BCUT2D eigenvalue weighted by Crippen LogP contribution is 2.40. The zero-order chi connectivity index (χ0) is 27.9. The molecule has 4 aromatic carbocycles. The summed E-state index contributed by atoms with van der Waals surface area (Å²) in [5.41, 5.74) is 15.4. The van der Waals surface area contributed by atoms with E-state index in [1.165, 1.54) is 22.3 Å². The Bertz CT molecular complexity index is 1990. The van der Waals surface area contributed by atoms with E-state index < -0.39 is 0 Å². The Hall–Kier alpha value is -5.67. The molecule has 7 aromatic rings. The molecule has 0 fully saturated rings. The third-order valence-corrected chi connectivity index (χ3v) is 7.98. The van der Waals surface area contributed by atoms with E-state index in [2.05, 4.69) is 114 Å². The van der Waals surface area contributed by atoms with Gasteiger partial charge in [-0.1, -0.05) is 72.8 Å². The van der Waals surface area contributed by atoms with Gasteiger partial charge < -0.3 is 0 Å². The van der Waals surface area contributed by atoms with Crippen LogP contribution in [-0.2, 0) is 0 Å². The van der Waals surface area contributed by atoms with Crippen molar-refractivity contribution in [2.45, 2.75) is 0 Å². The molecule has 3 aromatic heterocycles. The number of hydrogen-bond donors (Lipinski definition) is 0. The molecule has 196 valence electrons. The van der Waals surface area contributed by atoms with Gasteiger partial charge >= 0.3 is 0 Å². The maximum Gasteiger partial charge on any atom is 0.0970 e. The van der Waals surface area contributed by atoms with E-state index in [1.54, 1.807) is 0 Å². The van der Waals surface area contributed by atoms with Gasteiger partial charge in [-0.3, -0.25) is 15.0 Å². The molecular weight excluding hydrogens is 510 g/mol. The summed E-state index contributed by atoms with van der Waals surface area (Å²) < 4.78 is 0. The molecule has 42 heavy (non-hydrogen) atoms. The lowest BCUT2D eigenvalue weighted by molar-refractivity contribution is 1.25. The second kappa shape index (κ2) is 10.1. The zero-order valence-corrected chi connectivity index (χ0v) is 22.8. The summed E-state index contributed by atoms with van der Waals surface area (Å²) in [6.07, 6.45) is 7.43. The second-order valence-corrected chi connectivity index (χ2v) is 10.6. The number of aromatic nitrogens is 3. The summed E-state index contributed by atoms with van der Waals surface area (Å²) in [4.78, 5) is 14.0. The lowest BCUT2D eigenvalue weighted by atomic mass is 9.91. The predicted octanol–water partition coefficient (Wildman–Crippen LogP) is 9.85. The Morgan fingerprint density at radius 3 is 1.17 bits per heavy atom. The van der Waals surface area contributed by atoms with E-state index >= 15 is 0 Å². The van der Waals surface area contributed by atoms with Gasteiger partial charge in [0.15, 0.2) is 0 Å². The molecule has 0 amide bonds. The van der Waals surface area contributed by atoms with Crippen molar-refractivity contribution in [3.05, 3.63) is 152 Å². The average molecular weight is 536 g/mol. The normalized spacial score (nSPS) is 11.3. The van der Waals surface area contributed by atoms with Crippen LogP contribution in [0.5, 0.6) is 0 Å². The van der Waals surface area contributed by atoms with Crippen LogP contribution >= 0.6 is 0 Å². The molecule has 0 saturated heterocycles. The van der Waals surface area contributed by atoms with E-state index in [1.807, 2.05) is 43.0 Å². The van der Waals surface area contributed by atoms with Gasteiger partial charge in [0.25, 0.3) is 0 Å². The van der Waals surface area contributed by atoms with Gasteiger partial charge in [-0.25, -0.2) is 0 Å². The van der Waals surface area contributed by atoms with Gasteiger partial charge in [0.05, 0.1) is 11.4 Å². The number of pyridine rings is 3. The second-order valence-electron chi connectivity index (χ2n) is 10.6. The van der Waals surface area contributed by atoms with Crippen LogP contribution in [-0.4, -0.2) is 15.0 Å². The molecule has 8 rings (SSSR count). The summed E-state index contributed by atoms with van der Waals surface area (Å²) in [5, 5.41) is 0. The molecule has 1 aliphatic carbocycles. The largest absolute Gasteiger partial charge is 0.264 e. The fourth-order valence-corrected chi connectivity index (χ4v) is 5.93. The fourth-order valence-electron chi connectivity index (χ4n) is 5.93. The highest BCUT2D eigenvalue weighted by molar-refractivity contribution is 5.91. The van der Waals surface area contributed by atoms with E-state index in [4.69, 9.17) is 9.97 Å². The first-order valence-electron chi connectivity index (χ1n) is 14.1. The molecule has 0 N–H and O–H groups in total. The molecule has 0 unspecified atom stereocenters. The molecule has 0 radical (unpaired) electrons. The van der Waals surface area contributed by atoms with Crippen LogP contribution in [0.4, 0.5) is 0 Å². The van der Waals surface area contributed by atoms with E-state index in [-0.39, 0.29) is 0 Å². The van der Waals surface area contributed by atoms with Gasteiger partial charge in [-0.05, 0) is 105 Å². The van der Waals surface area contributed by atoms with Crippen molar-refractivity contribution in [1.82, 2.24) is 15.0 Å². The van der Waals surface area contributed by atoms with Crippen LogP contribution in [0.25, 0.3) is 78.1 Å².